The Morgan fingerprint density at radius 3 is 2.38 bits per heavy atom. The smallest absolute Gasteiger partial charge is 0.252 e. The number of imide groups is 1. The Balaban J connectivity index is 1.58. The Hall–Kier alpha value is -1.69. The van der Waals surface area contributed by atoms with Crippen molar-refractivity contribution in [2.75, 3.05) is 4.90 Å². The minimum Gasteiger partial charge on any atom is -0.365 e. The molecular formula is C20H24N2O3S. The van der Waals surface area contributed by atoms with Crippen LogP contribution in [-0.4, -0.2) is 17.7 Å². The number of primary amides is 1. The van der Waals surface area contributed by atoms with Crippen molar-refractivity contribution in [1.29, 1.82) is 0 Å². The van der Waals surface area contributed by atoms with Gasteiger partial charge in [0.25, 0.3) is 5.91 Å². The van der Waals surface area contributed by atoms with Crippen molar-refractivity contribution in [3.63, 3.8) is 0 Å². The number of anilines is 1. The van der Waals surface area contributed by atoms with Crippen LogP contribution < -0.4 is 10.6 Å². The summed E-state index contributed by atoms with van der Waals surface area (Å²) in [6.45, 7) is 2.18. The van der Waals surface area contributed by atoms with E-state index in [-0.39, 0.29) is 23.7 Å². The number of carbonyl (C=O) groups excluding carboxylic acids is 3. The van der Waals surface area contributed by atoms with E-state index in [2.05, 4.69) is 6.92 Å². The van der Waals surface area contributed by atoms with Crippen molar-refractivity contribution in [3.8, 4) is 0 Å². The third kappa shape index (κ3) is 2.05. The van der Waals surface area contributed by atoms with Gasteiger partial charge in [0.1, 0.15) is 5.00 Å². The molecule has 0 radical (unpaired) electrons. The Kier molecular flexibility index (Phi) is 3.58. The van der Waals surface area contributed by atoms with Gasteiger partial charge < -0.3 is 5.73 Å². The van der Waals surface area contributed by atoms with Crippen LogP contribution in [0.2, 0.25) is 0 Å². The molecule has 1 saturated heterocycles. The van der Waals surface area contributed by atoms with Gasteiger partial charge in [0.2, 0.25) is 11.8 Å². The summed E-state index contributed by atoms with van der Waals surface area (Å²) in [7, 11) is 0. The molecule has 2 saturated carbocycles. The number of nitrogens with two attached hydrogens (primary N) is 1. The number of rotatable bonds is 3. The SMILES string of the molecule is CCC1CCc2c(sc(N3C(=O)C4C5CCC(C5)C4C3=O)c2C(N)=O)C1. The monoisotopic (exact) mass is 372 g/mol. The first-order chi connectivity index (χ1) is 12.5. The first-order valence-electron chi connectivity index (χ1n) is 9.83. The van der Waals surface area contributed by atoms with E-state index in [1.54, 1.807) is 0 Å². The van der Waals surface area contributed by atoms with Gasteiger partial charge in [-0.2, -0.15) is 0 Å². The van der Waals surface area contributed by atoms with Crippen LogP contribution in [0.15, 0.2) is 0 Å². The molecule has 3 aliphatic carbocycles. The molecule has 138 valence electrons. The van der Waals surface area contributed by atoms with Crippen LogP contribution in [0.25, 0.3) is 0 Å². The molecule has 5 unspecified atom stereocenters. The van der Waals surface area contributed by atoms with Crippen LogP contribution in [0.4, 0.5) is 5.00 Å². The lowest BCUT2D eigenvalue weighted by atomic mass is 9.81. The molecule has 5 nitrogen and oxygen atoms in total. The van der Waals surface area contributed by atoms with Gasteiger partial charge in [-0.1, -0.05) is 13.3 Å². The van der Waals surface area contributed by atoms with E-state index in [1.807, 2.05) is 0 Å². The summed E-state index contributed by atoms with van der Waals surface area (Å²) in [6.07, 6.45) is 7.01. The second-order valence-corrected chi connectivity index (χ2v) is 9.55. The molecule has 0 aromatic carbocycles. The number of thiophene rings is 1. The zero-order chi connectivity index (χ0) is 18.2. The van der Waals surface area contributed by atoms with E-state index in [1.165, 1.54) is 16.2 Å². The zero-order valence-electron chi connectivity index (χ0n) is 15.0. The standard InChI is InChI=1S/C20H24N2O3S/c1-2-9-3-6-12-13(7-9)26-20(16(12)17(21)23)22-18(24)14-10-4-5-11(8-10)15(14)19(22)25/h9-11,14-15H,2-8H2,1H3,(H2,21,23). The van der Waals surface area contributed by atoms with E-state index >= 15 is 0 Å². The molecule has 6 heteroatoms. The number of amides is 3. The molecule has 2 heterocycles. The molecule has 3 amide bonds. The molecular weight excluding hydrogens is 348 g/mol. The van der Waals surface area contributed by atoms with Gasteiger partial charge in [-0.05, 0) is 61.8 Å². The molecule has 5 rings (SSSR count). The van der Waals surface area contributed by atoms with Gasteiger partial charge in [-0.25, -0.2) is 4.90 Å². The van der Waals surface area contributed by atoms with E-state index in [0.717, 1.165) is 55.4 Å². The molecule has 0 spiro atoms. The predicted octanol–water partition coefficient (Wildman–Crippen LogP) is 2.90. The van der Waals surface area contributed by atoms with Gasteiger partial charge in [-0.15, -0.1) is 11.3 Å². The molecule has 3 fully saturated rings. The summed E-state index contributed by atoms with van der Waals surface area (Å²) in [5.74, 6) is 0.308. The Labute approximate surface area is 156 Å². The van der Waals surface area contributed by atoms with Crippen molar-refractivity contribution in [3.05, 3.63) is 16.0 Å². The minimum atomic E-state index is -0.506. The molecule has 1 aliphatic heterocycles. The number of hydrogen-bond acceptors (Lipinski definition) is 4. The fourth-order valence-electron chi connectivity index (χ4n) is 6.01. The number of hydrogen-bond donors (Lipinski definition) is 1. The molecule has 2 bridgehead atoms. The third-order valence-corrected chi connectivity index (χ3v) is 8.54. The van der Waals surface area contributed by atoms with Crippen molar-refractivity contribution in [2.24, 2.45) is 35.3 Å². The lowest BCUT2D eigenvalue weighted by Gasteiger charge is -2.20. The lowest BCUT2D eigenvalue weighted by molar-refractivity contribution is -0.123. The maximum Gasteiger partial charge on any atom is 0.252 e. The van der Waals surface area contributed by atoms with E-state index < -0.39 is 5.91 Å². The quantitative estimate of drug-likeness (QED) is 0.829. The van der Waals surface area contributed by atoms with Crippen LogP contribution in [0, 0.1) is 29.6 Å². The van der Waals surface area contributed by atoms with Crippen LogP contribution in [-0.2, 0) is 22.4 Å². The van der Waals surface area contributed by atoms with Gasteiger partial charge in [0.05, 0.1) is 17.4 Å². The average molecular weight is 372 g/mol. The molecule has 2 N–H and O–H groups in total. The Bertz CT molecular complexity index is 801. The highest BCUT2D eigenvalue weighted by Crippen LogP contribution is 2.57. The van der Waals surface area contributed by atoms with E-state index in [4.69, 9.17) is 5.73 Å². The van der Waals surface area contributed by atoms with Crippen molar-refractivity contribution >= 4 is 34.1 Å². The number of carbonyl (C=O) groups is 3. The Morgan fingerprint density at radius 2 is 1.81 bits per heavy atom. The van der Waals surface area contributed by atoms with Gasteiger partial charge in [0.15, 0.2) is 0 Å². The minimum absolute atomic E-state index is 0.0830. The van der Waals surface area contributed by atoms with Gasteiger partial charge in [-0.3, -0.25) is 14.4 Å². The summed E-state index contributed by atoms with van der Waals surface area (Å²) in [5.41, 5.74) is 7.14. The Morgan fingerprint density at radius 1 is 1.15 bits per heavy atom. The molecule has 1 aromatic heterocycles. The van der Waals surface area contributed by atoms with Crippen LogP contribution >= 0.6 is 11.3 Å². The van der Waals surface area contributed by atoms with E-state index in [9.17, 15) is 14.4 Å². The fraction of sp³-hybridized carbons (Fsp3) is 0.650. The summed E-state index contributed by atoms with van der Waals surface area (Å²) in [6, 6.07) is 0. The number of nitrogens with zero attached hydrogens (tertiary/aromatic N) is 1. The zero-order valence-corrected chi connectivity index (χ0v) is 15.8. The topological polar surface area (TPSA) is 80.5 Å². The second kappa shape index (κ2) is 5.65. The second-order valence-electron chi connectivity index (χ2n) is 8.46. The van der Waals surface area contributed by atoms with Crippen LogP contribution in [0.5, 0.6) is 0 Å². The average Bonchev–Trinajstić information content (AvgIpc) is 3.35. The van der Waals surface area contributed by atoms with Gasteiger partial charge in [0, 0.05) is 4.88 Å². The van der Waals surface area contributed by atoms with Crippen molar-refractivity contribution in [2.45, 2.75) is 51.9 Å². The first kappa shape index (κ1) is 16.5. The van der Waals surface area contributed by atoms with Crippen LogP contribution in [0.1, 0.15) is 59.8 Å². The highest BCUT2D eigenvalue weighted by atomic mass is 32.1. The van der Waals surface area contributed by atoms with E-state index in [0.29, 0.717) is 28.3 Å². The number of fused-ring (bicyclic) bond motifs is 6. The molecule has 5 atom stereocenters. The van der Waals surface area contributed by atoms with Crippen molar-refractivity contribution < 1.29 is 14.4 Å². The summed E-state index contributed by atoms with van der Waals surface area (Å²) >= 11 is 1.46. The predicted molar refractivity (Wildman–Crippen MR) is 98.9 cm³/mol. The highest BCUT2D eigenvalue weighted by Gasteiger charge is 2.61. The summed E-state index contributed by atoms with van der Waals surface area (Å²) < 4.78 is 0. The molecule has 1 aromatic rings. The fourth-order valence-corrected chi connectivity index (χ4v) is 7.49. The lowest BCUT2D eigenvalue weighted by Crippen LogP contribution is -2.33. The first-order valence-corrected chi connectivity index (χ1v) is 10.6. The molecule has 26 heavy (non-hydrogen) atoms. The van der Waals surface area contributed by atoms with Crippen molar-refractivity contribution in [1.82, 2.24) is 0 Å². The summed E-state index contributed by atoms with van der Waals surface area (Å²) in [5, 5.41) is 0.517. The summed E-state index contributed by atoms with van der Waals surface area (Å²) in [4.78, 5) is 41.1. The molecule has 4 aliphatic rings. The normalized spacial score (nSPS) is 35.1. The largest absolute Gasteiger partial charge is 0.365 e. The third-order valence-electron chi connectivity index (χ3n) is 7.30. The van der Waals surface area contributed by atoms with Crippen LogP contribution in [0.3, 0.4) is 0 Å². The van der Waals surface area contributed by atoms with Gasteiger partial charge >= 0.3 is 0 Å². The highest BCUT2D eigenvalue weighted by molar-refractivity contribution is 7.17. The maximum atomic E-state index is 13.2. The maximum absolute atomic E-state index is 13.2.